The molecular weight excluding hydrogens is 364 g/mol. The van der Waals surface area contributed by atoms with Crippen molar-refractivity contribution in [2.75, 3.05) is 6.61 Å². The molecule has 0 radical (unpaired) electrons. The van der Waals surface area contributed by atoms with Gasteiger partial charge in [-0.15, -0.1) is 0 Å². The van der Waals surface area contributed by atoms with Crippen LogP contribution in [0, 0.1) is 0 Å². The maximum absolute atomic E-state index is 12.0. The average Bonchev–Trinajstić information content (AvgIpc) is 2.30. The van der Waals surface area contributed by atoms with Crippen molar-refractivity contribution in [3.8, 4) is 0 Å². The summed E-state index contributed by atoms with van der Waals surface area (Å²) in [5.41, 5.74) is 1.23. The van der Waals surface area contributed by atoms with Gasteiger partial charge in [0.1, 0.15) is 0 Å². The third kappa shape index (κ3) is 4.21. The van der Waals surface area contributed by atoms with Crippen molar-refractivity contribution in [2.24, 2.45) is 0 Å². The van der Waals surface area contributed by atoms with Gasteiger partial charge in [-0.2, -0.15) is 0 Å². The molecule has 0 heterocycles. The second-order valence-electron chi connectivity index (χ2n) is 3.76. The molecule has 0 aromatic heterocycles. The van der Waals surface area contributed by atoms with Crippen molar-refractivity contribution in [3.63, 3.8) is 0 Å². The molecule has 0 aliphatic carbocycles. The van der Waals surface area contributed by atoms with Crippen LogP contribution in [0.1, 0.15) is 29.8 Å². The second kappa shape index (κ2) is 7.04. The maximum atomic E-state index is 12.0. The van der Waals surface area contributed by atoms with E-state index < -0.39 is 0 Å². The van der Waals surface area contributed by atoms with Crippen molar-refractivity contribution in [2.45, 2.75) is 25.1 Å². The lowest BCUT2D eigenvalue weighted by molar-refractivity contribution is -0.142. The highest BCUT2D eigenvalue weighted by Crippen LogP contribution is 2.21. The van der Waals surface area contributed by atoms with Gasteiger partial charge in [-0.1, -0.05) is 37.9 Å². The summed E-state index contributed by atoms with van der Waals surface area (Å²) in [4.78, 5) is 23.2. The molecular formula is C13H14Br2O3. The van der Waals surface area contributed by atoms with Crippen molar-refractivity contribution in [1.82, 2.24) is 0 Å². The fourth-order valence-electron chi connectivity index (χ4n) is 1.51. The van der Waals surface area contributed by atoms with Crippen LogP contribution in [0.15, 0.2) is 22.7 Å². The third-order valence-corrected chi connectivity index (χ3v) is 3.25. The molecule has 0 saturated heterocycles. The van der Waals surface area contributed by atoms with E-state index in [9.17, 15) is 9.59 Å². The zero-order chi connectivity index (χ0) is 13.7. The molecule has 18 heavy (non-hydrogen) atoms. The van der Waals surface area contributed by atoms with Crippen molar-refractivity contribution in [3.05, 3.63) is 33.8 Å². The molecule has 0 aliphatic rings. The van der Waals surface area contributed by atoms with Gasteiger partial charge in [-0.25, -0.2) is 0 Å². The van der Waals surface area contributed by atoms with E-state index in [1.54, 1.807) is 26.0 Å². The Morgan fingerprint density at radius 3 is 2.61 bits per heavy atom. The number of ether oxygens (including phenoxy) is 1. The van der Waals surface area contributed by atoms with E-state index in [2.05, 4.69) is 31.9 Å². The predicted octanol–water partition coefficient (Wildman–Crippen LogP) is 3.52. The molecule has 98 valence electrons. The summed E-state index contributed by atoms with van der Waals surface area (Å²) < 4.78 is 5.71. The summed E-state index contributed by atoms with van der Waals surface area (Å²) >= 11 is 6.58. The molecule has 1 unspecified atom stereocenters. The monoisotopic (exact) mass is 376 g/mol. The summed E-state index contributed by atoms with van der Waals surface area (Å²) in [7, 11) is 0. The van der Waals surface area contributed by atoms with Gasteiger partial charge in [0.15, 0.2) is 5.78 Å². The molecule has 0 aliphatic heterocycles. The quantitative estimate of drug-likeness (QED) is 0.448. The lowest BCUT2D eigenvalue weighted by Crippen LogP contribution is -2.16. The fraction of sp³-hybridized carbons (Fsp3) is 0.385. The number of ketones is 1. The summed E-state index contributed by atoms with van der Waals surface area (Å²) in [5.74, 6) is -0.369. The van der Waals surface area contributed by atoms with Crippen molar-refractivity contribution >= 4 is 43.6 Å². The molecule has 5 heteroatoms. The molecule has 1 aromatic carbocycles. The molecule has 0 amide bonds. The molecule has 0 spiro atoms. The average molecular weight is 378 g/mol. The Kier molecular flexibility index (Phi) is 6.02. The van der Waals surface area contributed by atoms with E-state index in [1.165, 1.54) is 0 Å². The Balaban J connectivity index is 3.04. The highest BCUT2D eigenvalue weighted by molar-refractivity contribution is 9.10. The summed E-state index contributed by atoms with van der Waals surface area (Å²) in [6, 6.07) is 5.31. The Labute approximate surface area is 123 Å². The first-order valence-electron chi connectivity index (χ1n) is 5.58. The number of esters is 1. The number of hydrogen-bond acceptors (Lipinski definition) is 3. The Hall–Kier alpha value is -0.680. The van der Waals surface area contributed by atoms with Gasteiger partial charge in [0, 0.05) is 10.0 Å². The number of Topliss-reactive ketones (excluding diaryl/α,β-unsaturated/α-hetero) is 1. The van der Waals surface area contributed by atoms with E-state index >= 15 is 0 Å². The minimum absolute atomic E-state index is 0.0457. The fourth-order valence-corrected chi connectivity index (χ4v) is 2.12. The van der Waals surface area contributed by atoms with Gasteiger partial charge >= 0.3 is 5.97 Å². The Morgan fingerprint density at radius 1 is 1.39 bits per heavy atom. The molecule has 1 rings (SSSR count). The van der Waals surface area contributed by atoms with Crippen LogP contribution >= 0.6 is 31.9 Å². The minimum Gasteiger partial charge on any atom is -0.466 e. The van der Waals surface area contributed by atoms with E-state index in [1.807, 2.05) is 6.07 Å². The van der Waals surface area contributed by atoms with E-state index in [0.29, 0.717) is 17.7 Å². The topological polar surface area (TPSA) is 43.4 Å². The molecule has 0 fully saturated rings. The van der Waals surface area contributed by atoms with E-state index in [4.69, 9.17) is 4.74 Å². The summed E-state index contributed by atoms with van der Waals surface area (Å²) in [5, 5.41) is 0. The smallest absolute Gasteiger partial charge is 0.310 e. The molecule has 3 nitrogen and oxygen atoms in total. The number of carbonyl (C=O) groups is 2. The van der Waals surface area contributed by atoms with Gasteiger partial charge in [0.2, 0.25) is 0 Å². The van der Waals surface area contributed by atoms with Crippen LogP contribution in [0.25, 0.3) is 0 Å². The van der Waals surface area contributed by atoms with Gasteiger partial charge in [0.25, 0.3) is 0 Å². The molecule has 1 aromatic rings. The van der Waals surface area contributed by atoms with Crippen molar-refractivity contribution in [1.29, 1.82) is 0 Å². The second-order valence-corrected chi connectivity index (χ2v) is 6.05. The van der Waals surface area contributed by atoms with Crippen LogP contribution in [-0.2, 0) is 16.0 Å². The summed E-state index contributed by atoms with van der Waals surface area (Å²) in [6.45, 7) is 3.86. The van der Waals surface area contributed by atoms with Crippen molar-refractivity contribution < 1.29 is 14.3 Å². The Bertz CT molecular complexity index is 456. The number of hydrogen-bond donors (Lipinski definition) is 0. The highest BCUT2D eigenvalue weighted by atomic mass is 79.9. The molecule has 1 atom stereocenters. The largest absolute Gasteiger partial charge is 0.466 e. The number of benzene rings is 1. The maximum Gasteiger partial charge on any atom is 0.310 e. The van der Waals surface area contributed by atoms with E-state index in [-0.39, 0.29) is 23.0 Å². The van der Waals surface area contributed by atoms with Gasteiger partial charge < -0.3 is 4.74 Å². The standard InChI is InChI=1S/C13H14Br2O3/c1-3-18-12(16)6-9-4-5-10(15)7-11(9)13(17)8(2)14/h4-5,7-8H,3,6H2,1-2H3. The van der Waals surface area contributed by atoms with Crippen LogP contribution in [0.3, 0.4) is 0 Å². The first-order chi connectivity index (χ1) is 8.45. The highest BCUT2D eigenvalue weighted by Gasteiger charge is 2.18. The van der Waals surface area contributed by atoms with Crippen LogP contribution < -0.4 is 0 Å². The zero-order valence-corrected chi connectivity index (χ0v) is 13.4. The first kappa shape index (κ1) is 15.4. The Morgan fingerprint density at radius 2 is 2.06 bits per heavy atom. The number of alkyl halides is 1. The van der Waals surface area contributed by atoms with Crippen LogP contribution in [0.4, 0.5) is 0 Å². The van der Waals surface area contributed by atoms with Crippen LogP contribution in [-0.4, -0.2) is 23.2 Å². The molecule has 0 N–H and O–H groups in total. The molecule has 0 saturated carbocycles. The number of rotatable bonds is 5. The minimum atomic E-state index is -0.323. The lowest BCUT2D eigenvalue weighted by Gasteiger charge is -2.10. The van der Waals surface area contributed by atoms with Crippen LogP contribution in [0.5, 0.6) is 0 Å². The number of carbonyl (C=O) groups excluding carboxylic acids is 2. The van der Waals surface area contributed by atoms with Gasteiger partial charge in [-0.3, -0.25) is 9.59 Å². The third-order valence-electron chi connectivity index (χ3n) is 2.34. The lowest BCUT2D eigenvalue weighted by atomic mass is 10.00. The van der Waals surface area contributed by atoms with Gasteiger partial charge in [0.05, 0.1) is 17.9 Å². The predicted molar refractivity (Wildman–Crippen MR) is 77.2 cm³/mol. The van der Waals surface area contributed by atoms with Gasteiger partial charge in [-0.05, 0) is 31.5 Å². The van der Waals surface area contributed by atoms with E-state index in [0.717, 1.165) is 4.47 Å². The zero-order valence-electron chi connectivity index (χ0n) is 10.2. The summed E-state index contributed by atoms with van der Waals surface area (Å²) in [6.07, 6.45) is 0.113. The molecule has 0 bridgehead atoms. The van der Waals surface area contributed by atoms with Crippen LogP contribution in [0.2, 0.25) is 0 Å². The SMILES string of the molecule is CCOC(=O)Cc1ccc(Br)cc1C(=O)C(C)Br. The first-order valence-corrected chi connectivity index (χ1v) is 7.29. The number of halogens is 2. The normalized spacial score (nSPS) is 12.0.